The predicted molar refractivity (Wildman–Crippen MR) is 177 cm³/mol. The van der Waals surface area contributed by atoms with Crippen LogP contribution in [0.1, 0.15) is 83.1 Å². The van der Waals surface area contributed by atoms with E-state index in [-0.39, 0.29) is 41.7 Å². The largest absolute Gasteiger partial charge is 0.445 e. The molecule has 46 heavy (non-hydrogen) atoms. The number of carbonyl (C=O) groups excluding carboxylic acids is 2. The molecule has 12 nitrogen and oxygen atoms in total. The molecule has 2 bridgehead atoms. The van der Waals surface area contributed by atoms with Gasteiger partial charge in [-0.1, -0.05) is 26.0 Å². The average molecular weight is 634 g/mol. The molecular weight excluding hydrogens is 582 g/mol. The molecule has 0 radical (unpaired) electrons. The van der Waals surface area contributed by atoms with E-state index in [1.165, 1.54) is 0 Å². The van der Waals surface area contributed by atoms with E-state index in [2.05, 4.69) is 60.1 Å². The summed E-state index contributed by atoms with van der Waals surface area (Å²) in [4.78, 5) is 44.2. The van der Waals surface area contributed by atoms with Gasteiger partial charge in [0.05, 0.1) is 6.20 Å². The van der Waals surface area contributed by atoms with Crippen LogP contribution in [-0.4, -0.2) is 124 Å². The minimum Gasteiger partial charge on any atom is -0.445 e. The Kier molecular flexibility index (Phi) is 8.69. The number of piperidine rings is 1. The van der Waals surface area contributed by atoms with Crippen LogP contribution < -0.4 is 10.2 Å². The predicted octanol–water partition coefficient (Wildman–Crippen LogP) is 3.93. The van der Waals surface area contributed by atoms with Crippen LogP contribution in [0.25, 0.3) is 5.65 Å². The van der Waals surface area contributed by atoms with Crippen molar-refractivity contribution < 1.29 is 14.3 Å². The van der Waals surface area contributed by atoms with Crippen LogP contribution in [0, 0.1) is 5.41 Å². The topological polar surface area (TPSA) is 111 Å². The smallest absolute Gasteiger partial charge is 0.410 e. The first-order valence-corrected chi connectivity index (χ1v) is 17.5. The third kappa shape index (κ3) is 6.34. The van der Waals surface area contributed by atoms with Gasteiger partial charge in [-0.25, -0.2) is 4.79 Å². The zero-order valence-electron chi connectivity index (χ0n) is 28.0. The SMILES string of the molecule is CC(C)c1cnn2c(NC3CC4CCC(C3)N4C(=O)OC3CCN(C/C=C/CN(C)C)C3)nc(N3CC4(CCC(=O)CC4)C3)nc12. The summed E-state index contributed by atoms with van der Waals surface area (Å²) in [5.41, 5.74) is 2.18. The Labute approximate surface area is 272 Å². The van der Waals surface area contributed by atoms with E-state index >= 15 is 0 Å². The monoisotopic (exact) mass is 633 g/mol. The number of anilines is 2. The second-order valence-corrected chi connectivity index (χ2v) is 15.1. The van der Waals surface area contributed by atoms with Crippen LogP contribution in [0.15, 0.2) is 18.3 Å². The number of Topliss-reactive ketones (excluding diaryl/α,β-unsaturated/α-hetero) is 1. The maximum Gasteiger partial charge on any atom is 0.410 e. The van der Waals surface area contributed by atoms with Crippen molar-refractivity contribution in [2.24, 2.45) is 5.41 Å². The molecule has 6 heterocycles. The fourth-order valence-electron chi connectivity index (χ4n) is 8.35. The van der Waals surface area contributed by atoms with E-state index in [1.807, 2.05) is 15.6 Å². The van der Waals surface area contributed by atoms with Crippen LogP contribution in [0.5, 0.6) is 0 Å². The molecule has 1 saturated carbocycles. The molecule has 3 unspecified atom stereocenters. The number of nitrogens with zero attached hydrogens (tertiary/aromatic N) is 8. The van der Waals surface area contributed by atoms with Gasteiger partial charge >= 0.3 is 6.09 Å². The van der Waals surface area contributed by atoms with Gasteiger partial charge in [-0.05, 0) is 65.0 Å². The molecule has 4 saturated heterocycles. The summed E-state index contributed by atoms with van der Waals surface area (Å²) < 4.78 is 7.95. The molecule has 3 atom stereocenters. The number of ether oxygens (including phenoxy) is 1. The molecule has 7 rings (SSSR count). The second kappa shape index (κ2) is 12.7. The number of fused-ring (bicyclic) bond motifs is 3. The van der Waals surface area contributed by atoms with Crippen LogP contribution in [-0.2, 0) is 9.53 Å². The number of hydrogen-bond acceptors (Lipinski definition) is 10. The van der Waals surface area contributed by atoms with Gasteiger partial charge in [0.1, 0.15) is 11.9 Å². The zero-order valence-corrected chi connectivity index (χ0v) is 28.0. The highest BCUT2D eigenvalue weighted by molar-refractivity contribution is 5.79. The Balaban J connectivity index is 0.993. The van der Waals surface area contributed by atoms with Crippen molar-refractivity contribution in [2.75, 3.05) is 63.6 Å². The molecule has 1 amide bonds. The molecule has 2 aromatic heterocycles. The van der Waals surface area contributed by atoms with E-state index in [9.17, 15) is 9.59 Å². The van der Waals surface area contributed by atoms with Gasteiger partial charge in [-0.3, -0.25) is 9.69 Å². The Bertz CT molecular complexity index is 1440. The lowest BCUT2D eigenvalue weighted by Gasteiger charge is -2.52. The second-order valence-electron chi connectivity index (χ2n) is 15.1. The van der Waals surface area contributed by atoms with Gasteiger partial charge in [-0.15, -0.1) is 0 Å². The molecule has 4 aliphatic heterocycles. The Morgan fingerprint density at radius 1 is 1.11 bits per heavy atom. The third-order valence-corrected chi connectivity index (χ3v) is 11.0. The van der Waals surface area contributed by atoms with Gasteiger partial charge in [0.25, 0.3) is 0 Å². The molecule has 250 valence electrons. The van der Waals surface area contributed by atoms with E-state index in [0.29, 0.717) is 18.6 Å². The Morgan fingerprint density at radius 3 is 2.54 bits per heavy atom. The first-order valence-electron chi connectivity index (χ1n) is 17.5. The number of aromatic nitrogens is 4. The van der Waals surface area contributed by atoms with Crippen molar-refractivity contribution in [3.8, 4) is 0 Å². The van der Waals surface area contributed by atoms with Crippen LogP contribution in [0.3, 0.4) is 0 Å². The maximum atomic E-state index is 13.5. The molecule has 1 spiro atoms. The van der Waals surface area contributed by atoms with Crippen LogP contribution in [0.2, 0.25) is 0 Å². The average Bonchev–Trinajstić information content (AvgIpc) is 3.70. The molecule has 5 fully saturated rings. The van der Waals surface area contributed by atoms with Gasteiger partial charge in [0.2, 0.25) is 11.9 Å². The van der Waals surface area contributed by atoms with Crippen molar-refractivity contribution in [1.29, 1.82) is 0 Å². The molecule has 5 aliphatic rings. The molecule has 1 N–H and O–H groups in total. The fourth-order valence-corrected chi connectivity index (χ4v) is 8.35. The summed E-state index contributed by atoms with van der Waals surface area (Å²) in [6, 6.07) is 0.516. The van der Waals surface area contributed by atoms with Gasteiger partial charge < -0.3 is 24.8 Å². The first kappa shape index (κ1) is 31.4. The summed E-state index contributed by atoms with van der Waals surface area (Å²) >= 11 is 0. The van der Waals surface area contributed by atoms with Gasteiger partial charge in [0, 0.05) is 81.2 Å². The summed E-state index contributed by atoms with van der Waals surface area (Å²) in [5, 5.41) is 8.46. The summed E-state index contributed by atoms with van der Waals surface area (Å²) in [6.45, 7) is 9.74. The van der Waals surface area contributed by atoms with Crippen molar-refractivity contribution in [3.63, 3.8) is 0 Å². The quantitative estimate of drug-likeness (QED) is 0.408. The fraction of sp³-hybridized carbons (Fsp3) is 0.735. The number of likely N-dealkylation sites (N-methyl/N-ethyl adjacent to an activating group) is 1. The highest BCUT2D eigenvalue weighted by atomic mass is 16.6. The van der Waals surface area contributed by atoms with E-state index in [4.69, 9.17) is 19.8 Å². The van der Waals surface area contributed by atoms with Crippen LogP contribution >= 0.6 is 0 Å². The molecule has 2 aromatic rings. The third-order valence-electron chi connectivity index (χ3n) is 11.0. The standard InChI is InChI=1S/C34H51N9O3/c1-23(2)29-19-35-43-30(29)37-31(41-21-34(22-41)12-9-27(44)10-13-34)38-32(43)36-24-17-25-7-8-26(18-24)42(25)33(45)46-28-11-16-40(20-28)15-6-5-14-39(3)4/h5-6,19,23-26,28H,7-18,20-22H2,1-4H3,(H,36,37,38)/b6-5+. The van der Waals surface area contributed by atoms with Crippen LogP contribution in [0.4, 0.5) is 16.7 Å². The number of carbonyl (C=O) groups is 2. The number of hydrogen-bond donors (Lipinski definition) is 1. The highest BCUT2D eigenvalue weighted by Crippen LogP contribution is 2.44. The normalized spacial score (nSPS) is 27.9. The molecule has 12 heteroatoms. The van der Waals surface area contributed by atoms with Gasteiger partial charge in [0.15, 0.2) is 5.65 Å². The number of amides is 1. The number of ketones is 1. The summed E-state index contributed by atoms with van der Waals surface area (Å²) in [5.74, 6) is 2.14. The van der Waals surface area contributed by atoms with E-state index in [1.54, 1.807) is 0 Å². The number of likely N-dealkylation sites (tertiary alicyclic amines) is 1. The van der Waals surface area contributed by atoms with Crippen molar-refractivity contribution in [1.82, 2.24) is 34.3 Å². The minimum absolute atomic E-state index is 0.0394. The zero-order chi connectivity index (χ0) is 32.0. The Morgan fingerprint density at radius 2 is 1.85 bits per heavy atom. The molecule has 0 aromatic carbocycles. The van der Waals surface area contributed by atoms with E-state index in [0.717, 1.165) is 107 Å². The summed E-state index contributed by atoms with van der Waals surface area (Å²) in [7, 11) is 4.14. The van der Waals surface area contributed by atoms with Crippen molar-refractivity contribution in [2.45, 2.75) is 102 Å². The maximum absolute atomic E-state index is 13.5. The Hall–Kier alpha value is -3.25. The van der Waals surface area contributed by atoms with Crippen molar-refractivity contribution >= 4 is 29.4 Å². The lowest BCUT2D eigenvalue weighted by molar-refractivity contribution is -0.122. The lowest BCUT2D eigenvalue weighted by Crippen LogP contribution is -2.58. The summed E-state index contributed by atoms with van der Waals surface area (Å²) in [6.07, 6.45) is 14.1. The van der Waals surface area contributed by atoms with E-state index < -0.39 is 0 Å². The van der Waals surface area contributed by atoms with Crippen molar-refractivity contribution in [3.05, 3.63) is 23.9 Å². The lowest BCUT2D eigenvalue weighted by atomic mass is 9.68. The molecular formula is C34H51N9O3. The first-order chi connectivity index (χ1) is 22.2. The number of rotatable bonds is 9. The number of nitrogens with one attached hydrogen (secondary N) is 1. The highest BCUT2D eigenvalue weighted by Gasteiger charge is 2.47. The van der Waals surface area contributed by atoms with Gasteiger partial charge in [-0.2, -0.15) is 19.6 Å². The molecule has 1 aliphatic carbocycles. The minimum atomic E-state index is -0.141.